The number of benzene rings is 2. The Bertz CT molecular complexity index is 1540. The van der Waals surface area contributed by atoms with Crippen LogP contribution in [0.5, 0.6) is 0 Å². The number of nitrogens with zero attached hydrogens (tertiary/aromatic N) is 2. The number of aromatic amines is 1. The minimum absolute atomic E-state index is 0.0687. The minimum atomic E-state index is -0.358. The van der Waals surface area contributed by atoms with Crippen molar-refractivity contribution in [2.45, 2.75) is 31.6 Å². The Morgan fingerprint density at radius 3 is 2.38 bits per heavy atom. The molecule has 0 bridgehead atoms. The average Bonchev–Trinajstić information content (AvgIpc) is 3.65. The number of rotatable bonds is 7. The van der Waals surface area contributed by atoms with E-state index in [0.717, 1.165) is 34.5 Å². The molecule has 6 nitrogen and oxygen atoms in total. The highest BCUT2D eigenvalue weighted by Gasteiger charge is 2.38. The van der Waals surface area contributed by atoms with Crippen LogP contribution in [0, 0.1) is 17.6 Å². The second kappa shape index (κ2) is 10.1. The number of halogens is 2. The summed E-state index contributed by atoms with van der Waals surface area (Å²) in [5.74, 6) is 0.153. The lowest BCUT2D eigenvalue weighted by molar-refractivity contribution is -0.115. The van der Waals surface area contributed by atoms with Crippen molar-refractivity contribution in [3.8, 4) is 22.4 Å². The van der Waals surface area contributed by atoms with Gasteiger partial charge in [0.25, 0.3) is 5.91 Å². The molecule has 2 amide bonds. The number of anilines is 1. The van der Waals surface area contributed by atoms with Crippen LogP contribution in [0.4, 0.5) is 14.6 Å². The number of aromatic nitrogens is 2. The molecule has 1 atom stereocenters. The first kappa shape index (κ1) is 25.0. The molecule has 1 fully saturated rings. The molecule has 0 spiro atoms. The first-order chi connectivity index (χ1) is 18.9. The Labute approximate surface area is 225 Å². The Morgan fingerprint density at radius 2 is 1.69 bits per heavy atom. The van der Waals surface area contributed by atoms with Crippen LogP contribution in [-0.2, 0) is 11.2 Å². The third kappa shape index (κ3) is 5.19. The standard InChI is InChI=1S/C31H28F2N4O2/c1-37-17-22(14-18-2-3-18)30-28(31(37)39)27(20-6-10-24(33)11-7-20)29(36-30)21-12-13-34-25(16-21)35-26(38)15-19-4-8-23(32)9-5-19/h4-13,16,18,22,36H,2-3,14-15,17H2,1H3,(H,34,35,38). The molecule has 8 heteroatoms. The number of carbonyl (C=O) groups is 2. The van der Waals surface area contributed by atoms with Crippen LogP contribution in [0.2, 0.25) is 0 Å². The first-order valence-corrected chi connectivity index (χ1v) is 13.1. The quantitative estimate of drug-likeness (QED) is 0.302. The van der Waals surface area contributed by atoms with E-state index in [9.17, 15) is 18.4 Å². The van der Waals surface area contributed by atoms with E-state index in [1.54, 1.807) is 41.4 Å². The molecule has 1 unspecified atom stereocenters. The summed E-state index contributed by atoms with van der Waals surface area (Å²) >= 11 is 0. The number of fused-ring (bicyclic) bond motifs is 1. The molecule has 198 valence electrons. The van der Waals surface area contributed by atoms with E-state index in [-0.39, 0.29) is 35.8 Å². The number of amides is 2. The molecule has 2 aliphatic rings. The number of hydrogen-bond acceptors (Lipinski definition) is 3. The summed E-state index contributed by atoms with van der Waals surface area (Å²) in [6.45, 7) is 0.645. The van der Waals surface area contributed by atoms with Gasteiger partial charge < -0.3 is 15.2 Å². The first-order valence-electron chi connectivity index (χ1n) is 13.1. The lowest BCUT2D eigenvalue weighted by Crippen LogP contribution is -2.37. The van der Waals surface area contributed by atoms with E-state index in [2.05, 4.69) is 15.3 Å². The summed E-state index contributed by atoms with van der Waals surface area (Å²) in [7, 11) is 1.83. The monoisotopic (exact) mass is 526 g/mol. The van der Waals surface area contributed by atoms with Gasteiger partial charge in [-0.15, -0.1) is 0 Å². The van der Waals surface area contributed by atoms with Gasteiger partial charge >= 0.3 is 0 Å². The van der Waals surface area contributed by atoms with E-state index in [1.165, 1.54) is 37.1 Å². The molecule has 1 saturated carbocycles. The van der Waals surface area contributed by atoms with Crippen molar-refractivity contribution in [2.75, 3.05) is 18.9 Å². The smallest absolute Gasteiger partial charge is 0.256 e. The lowest BCUT2D eigenvalue weighted by atomic mass is 9.88. The zero-order chi connectivity index (χ0) is 27.1. The maximum atomic E-state index is 13.8. The summed E-state index contributed by atoms with van der Waals surface area (Å²) in [6, 6.07) is 15.5. The maximum absolute atomic E-state index is 13.8. The van der Waals surface area contributed by atoms with Gasteiger partial charge in [-0.1, -0.05) is 37.1 Å². The van der Waals surface area contributed by atoms with E-state index in [1.807, 2.05) is 13.1 Å². The van der Waals surface area contributed by atoms with Gasteiger partial charge in [0, 0.05) is 42.5 Å². The molecule has 6 rings (SSSR count). The van der Waals surface area contributed by atoms with E-state index >= 15 is 0 Å². The van der Waals surface area contributed by atoms with Crippen LogP contribution >= 0.6 is 0 Å². The number of hydrogen-bond donors (Lipinski definition) is 2. The predicted molar refractivity (Wildman–Crippen MR) is 145 cm³/mol. The zero-order valence-electron chi connectivity index (χ0n) is 21.5. The van der Waals surface area contributed by atoms with Crippen molar-refractivity contribution in [3.63, 3.8) is 0 Å². The lowest BCUT2D eigenvalue weighted by Gasteiger charge is -2.30. The maximum Gasteiger partial charge on any atom is 0.256 e. The van der Waals surface area contributed by atoms with Crippen LogP contribution in [0.25, 0.3) is 22.4 Å². The van der Waals surface area contributed by atoms with Gasteiger partial charge in [-0.05, 0) is 59.9 Å². The molecule has 2 aromatic carbocycles. The van der Waals surface area contributed by atoms with Crippen molar-refractivity contribution < 1.29 is 18.4 Å². The molecule has 0 saturated heterocycles. The highest BCUT2D eigenvalue weighted by atomic mass is 19.1. The van der Waals surface area contributed by atoms with E-state index < -0.39 is 0 Å². The SMILES string of the molecule is CN1CC(CC2CC2)c2[nH]c(-c3ccnc(NC(=O)Cc4ccc(F)cc4)c3)c(-c3ccc(F)cc3)c2C1=O. The summed E-state index contributed by atoms with van der Waals surface area (Å²) in [5.41, 5.74) is 5.15. The van der Waals surface area contributed by atoms with Gasteiger partial charge in [-0.2, -0.15) is 0 Å². The zero-order valence-corrected chi connectivity index (χ0v) is 21.5. The molecular weight excluding hydrogens is 498 g/mol. The van der Waals surface area contributed by atoms with Crippen molar-refractivity contribution in [1.82, 2.24) is 14.9 Å². The number of H-pyrrole nitrogens is 1. The molecule has 4 aromatic rings. The fraction of sp³-hybridized carbons (Fsp3) is 0.258. The highest BCUT2D eigenvalue weighted by molar-refractivity contribution is 6.07. The normalized spacial score (nSPS) is 16.7. The number of carbonyl (C=O) groups excluding carboxylic acids is 2. The van der Waals surface area contributed by atoms with E-state index in [0.29, 0.717) is 29.4 Å². The summed E-state index contributed by atoms with van der Waals surface area (Å²) in [5, 5.41) is 2.82. The van der Waals surface area contributed by atoms with Crippen molar-refractivity contribution in [2.24, 2.45) is 5.92 Å². The molecular formula is C31H28F2N4O2. The molecule has 2 N–H and O–H groups in total. The van der Waals surface area contributed by atoms with Gasteiger partial charge in [-0.3, -0.25) is 9.59 Å². The van der Waals surface area contributed by atoms with E-state index in [4.69, 9.17) is 0 Å². The summed E-state index contributed by atoms with van der Waals surface area (Å²) in [6.07, 6.45) is 5.12. The second-order valence-electron chi connectivity index (χ2n) is 10.5. The Morgan fingerprint density at radius 1 is 1.00 bits per heavy atom. The number of nitrogens with one attached hydrogen (secondary N) is 2. The van der Waals surface area contributed by atoms with Gasteiger partial charge in [0.1, 0.15) is 17.5 Å². The Balaban J connectivity index is 1.39. The van der Waals surface area contributed by atoms with Gasteiger partial charge in [0.15, 0.2) is 0 Å². The van der Waals surface area contributed by atoms with Gasteiger partial charge in [-0.25, -0.2) is 13.8 Å². The van der Waals surface area contributed by atoms with Crippen molar-refractivity contribution in [3.05, 3.63) is 95.3 Å². The van der Waals surface area contributed by atoms with Crippen LogP contribution in [0.1, 0.15) is 46.8 Å². The van der Waals surface area contributed by atoms with Crippen LogP contribution in [0.15, 0.2) is 66.9 Å². The van der Waals surface area contributed by atoms with Gasteiger partial charge in [0.2, 0.25) is 5.91 Å². The third-order valence-corrected chi connectivity index (χ3v) is 7.53. The number of pyridine rings is 1. The second-order valence-corrected chi connectivity index (χ2v) is 10.5. The summed E-state index contributed by atoms with van der Waals surface area (Å²) in [4.78, 5) is 35.9. The topological polar surface area (TPSA) is 78.1 Å². The van der Waals surface area contributed by atoms with Gasteiger partial charge in [0.05, 0.1) is 17.7 Å². The third-order valence-electron chi connectivity index (χ3n) is 7.53. The minimum Gasteiger partial charge on any atom is -0.357 e. The van der Waals surface area contributed by atoms with Crippen molar-refractivity contribution >= 4 is 17.6 Å². The highest BCUT2D eigenvalue weighted by Crippen LogP contribution is 2.46. The molecule has 2 aromatic heterocycles. The fourth-order valence-corrected chi connectivity index (χ4v) is 5.44. The Kier molecular flexibility index (Phi) is 6.46. The van der Waals surface area contributed by atoms with Crippen LogP contribution in [-0.4, -0.2) is 40.3 Å². The molecule has 1 aliphatic carbocycles. The fourth-order valence-electron chi connectivity index (χ4n) is 5.44. The number of likely N-dealkylation sites (N-methyl/N-ethyl adjacent to an activating group) is 1. The van der Waals surface area contributed by atoms with Crippen LogP contribution < -0.4 is 5.32 Å². The van der Waals surface area contributed by atoms with Crippen LogP contribution in [0.3, 0.4) is 0 Å². The summed E-state index contributed by atoms with van der Waals surface area (Å²) < 4.78 is 27.1. The molecule has 0 radical (unpaired) electrons. The molecule has 1 aliphatic heterocycles. The largest absolute Gasteiger partial charge is 0.357 e. The van der Waals surface area contributed by atoms with Crippen molar-refractivity contribution in [1.29, 1.82) is 0 Å². The average molecular weight is 527 g/mol. The predicted octanol–water partition coefficient (Wildman–Crippen LogP) is 6.17. The Hall–Kier alpha value is -4.33. The molecule has 39 heavy (non-hydrogen) atoms. The molecule has 3 heterocycles.